The van der Waals surface area contributed by atoms with Crippen LogP contribution in [0.4, 0.5) is 0 Å². The third-order valence-electron chi connectivity index (χ3n) is 9.75. The van der Waals surface area contributed by atoms with E-state index in [0.29, 0.717) is 0 Å². The smallest absolute Gasteiger partial charge is 0.209 e. The molecule has 0 bridgehead atoms. The van der Waals surface area contributed by atoms with E-state index in [1.807, 2.05) is 49.6 Å². The lowest BCUT2D eigenvalue weighted by Crippen LogP contribution is -2.31. The molecule has 4 aromatic carbocycles. The molecule has 0 N–H and O–H groups in total. The number of amides is 2. The van der Waals surface area contributed by atoms with Gasteiger partial charge >= 0.3 is 0 Å². The molecule has 0 fully saturated rings. The monoisotopic (exact) mass is 774 g/mol. The van der Waals surface area contributed by atoms with Crippen LogP contribution in [-0.4, -0.2) is 70.7 Å². The van der Waals surface area contributed by atoms with E-state index in [9.17, 15) is 9.59 Å². The predicted molar refractivity (Wildman–Crippen MR) is 237 cm³/mol. The molecule has 0 unspecified atom stereocenters. The summed E-state index contributed by atoms with van der Waals surface area (Å²) in [5.41, 5.74) is 13.2. The van der Waals surface area contributed by atoms with Crippen molar-refractivity contribution in [2.75, 3.05) is 28.2 Å². The number of aromatic nitrogens is 4. The standard InChI is InChI=1S/C45H32N4.2C3H7NO/c1-9-41(10-2-33(1)37-17-25-46-26-18-37)45(42-11-3-34(4-12-42)38-19-27-47-28-20-38,43-13-5-35(6-14-43)39-21-29-48-30-22-39)44-15-7-36(8-16-44)40-23-31-49-32-24-40;2*1-4(2)3-5/h1-32H;2*3H,1-2H3. The van der Waals surface area contributed by atoms with E-state index in [0.717, 1.165) is 57.3 Å². The molecular weight excluding hydrogens is 729 g/mol. The van der Waals surface area contributed by atoms with Gasteiger partial charge in [0.2, 0.25) is 12.8 Å². The van der Waals surface area contributed by atoms with E-state index in [-0.39, 0.29) is 0 Å². The molecular formula is C51H46N6O2. The van der Waals surface area contributed by atoms with E-state index in [1.54, 1.807) is 28.2 Å². The van der Waals surface area contributed by atoms with Gasteiger partial charge in [0.1, 0.15) is 0 Å². The van der Waals surface area contributed by atoms with Gasteiger partial charge in [-0.05, 0) is 115 Å². The molecule has 0 saturated heterocycles. The molecule has 8 rings (SSSR count). The molecule has 8 heteroatoms. The molecule has 2 amide bonds. The number of hydrogen-bond donors (Lipinski definition) is 0. The van der Waals surface area contributed by atoms with Crippen molar-refractivity contribution >= 4 is 12.8 Å². The molecule has 292 valence electrons. The van der Waals surface area contributed by atoms with Crippen molar-refractivity contribution in [1.29, 1.82) is 0 Å². The fourth-order valence-electron chi connectivity index (χ4n) is 6.83. The summed E-state index contributed by atoms with van der Waals surface area (Å²) in [5.74, 6) is 0. The Kier molecular flexibility index (Phi) is 13.9. The van der Waals surface area contributed by atoms with Crippen LogP contribution in [0.25, 0.3) is 44.5 Å². The zero-order chi connectivity index (χ0) is 41.5. The normalized spacial score (nSPS) is 10.5. The van der Waals surface area contributed by atoms with Crippen LogP contribution in [0.3, 0.4) is 0 Å². The summed E-state index contributed by atoms with van der Waals surface area (Å²) < 4.78 is 0. The third kappa shape index (κ3) is 10.1. The van der Waals surface area contributed by atoms with Gasteiger partial charge in [-0.25, -0.2) is 0 Å². The Balaban J connectivity index is 0.000000526. The van der Waals surface area contributed by atoms with Crippen LogP contribution in [0.5, 0.6) is 0 Å². The fourth-order valence-corrected chi connectivity index (χ4v) is 6.83. The zero-order valence-electron chi connectivity index (χ0n) is 33.6. The molecule has 4 heterocycles. The maximum absolute atomic E-state index is 9.43. The highest BCUT2D eigenvalue weighted by Crippen LogP contribution is 2.47. The van der Waals surface area contributed by atoms with Crippen LogP contribution in [0.15, 0.2) is 195 Å². The predicted octanol–water partition coefficient (Wildman–Crippen LogP) is 9.73. The van der Waals surface area contributed by atoms with Gasteiger partial charge in [-0.2, -0.15) is 0 Å². The number of nitrogens with zero attached hydrogens (tertiary/aromatic N) is 6. The number of pyridine rings is 4. The minimum absolute atomic E-state index is 0.624. The Morgan fingerprint density at radius 2 is 0.458 bits per heavy atom. The van der Waals surface area contributed by atoms with Crippen LogP contribution in [0, 0.1) is 0 Å². The Morgan fingerprint density at radius 1 is 0.305 bits per heavy atom. The minimum Gasteiger partial charge on any atom is -0.351 e. The van der Waals surface area contributed by atoms with E-state index in [4.69, 9.17) is 0 Å². The molecule has 8 nitrogen and oxygen atoms in total. The molecule has 59 heavy (non-hydrogen) atoms. The van der Waals surface area contributed by atoms with Crippen LogP contribution in [0.2, 0.25) is 0 Å². The molecule has 0 aliphatic rings. The Hall–Kier alpha value is -7.58. The SMILES string of the molecule is CN(C)C=O.CN(C)C=O.c1cc(-c2ccc(C(c3ccc(-c4ccncc4)cc3)(c3ccc(-c4ccncc4)cc3)c3ccc(-c4ccncc4)cc3)cc2)ccn1. The van der Waals surface area contributed by atoms with Crippen molar-refractivity contribution in [2.45, 2.75) is 5.41 Å². The van der Waals surface area contributed by atoms with Crippen LogP contribution in [-0.2, 0) is 15.0 Å². The van der Waals surface area contributed by atoms with Crippen molar-refractivity contribution in [2.24, 2.45) is 0 Å². The van der Waals surface area contributed by atoms with E-state index in [1.165, 1.54) is 32.1 Å². The van der Waals surface area contributed by atoms with E-state index in [2.05, 4.69) is 166 Å². The van der Waals surface area contributed by atoms with Gasteiger partial charge < -0.3 is 9.80 Å². The lowest BCUT2D eigenvalue weighted by atomic mass is 9.64. The molecule has 0 radical (unpaired) electrons. The minimum atomic E-state index is -0.624. The summed E-state index contributed by atoms with van der Waals surface area (Å²) >= 11 is 0. The lowest BCUT2D eigenvalue weighted by Gasteiger charge is -2.37. The van der Waals surface area contributed by atoms with Gasteiger partial charge in [0.15, 0.2) is 0 Å². The first-order valence-corrected chi connectivity index (χ1v) is 19.1. The largest absolute Gasteiger partial charge is 0.351 e. The maximum atomic E-state index is 9.43. The van der Waals surface area contributed by atoms with Crippen molar-refractivity contribution in [3.05, 3.63) is 217 Å². The summed E-state index contributed by atoms with van der Waals surface area (Å²) in [5, 5.41) is 0. The quantitative estimate of drug-likeness (QED) is 0.102. The van der Waals surface area contributed by atoms with E-state index >= 15 is 0 Å². The fraction of sp³-hybridized carbons (Fsp3) is 0.0980. The van der Waals surface area contributed by atoms with Crippen molar-refractivity contribution in [3.8, 4) is 44.5 Å². The van der Waals surface area contributed by atoms with Gasteiger partial charge in [-0.15, -0.1) is 0 Å². The Morgan fingerprint density at radius 3 is 0.610 bits per heavy atom. The summed E-state index contributed by atoms with van der Waals surface area (Å²) in [4.78, 5) is 38.6. The number of carbonyl (C=O) groups excluding carboxylic acids is 2. The van der Waals surface area contributed by atoms with Gasteiger partial charge in [-0.3, -0.25) is 29.5 Å². The van der Waals surface area contributed by atoms with Crippen LogP contribution < -0.4 is 0 Å². The molecule has 0 aliphatic heterocycles. The highest BCUT2D eigenvalue weighted by Gasteiger charge is 2.38. The maximum Gasteiger partial charge on any atom is 0.209 e. The topological polar surface area (TPSA) is 92.2 Å². The highest BCUT2D eigenvalue weighted by atomic mass is 16.1. The highest BCUT2D eigenvalue weighted by molar-refractivity contribution is 5.72. The second-order valence-corrected chi connectivity index (χ2v) is 14.1. The van der Waals surface area contributed by atoms with Gasteiger partial charge in [0.25, 0.3) is 0 Å². The number of carbonyl (C=O) groups is 2. The first-order valence-electron chi connectivity index (χ1n) is 19.1. The molecule has 0 saturated carbocycles. The molecule has 4 aromatic heterocycles. The third-order valence-corrected chi connectivity index (χ3v) is 9.75. The summed E-state index contributed by atoms with van der Waals surface area (Å²) in [7, 11) is 6.75. The van der Waals surface area contributed by atoms with Crippen molar-refractivity contribution < 1.29 is 9.59 Å². The number of hydrogen-bond acceptors (Lipinski definition) is 6. The Labute approximate surface area is 346 Å². The van der Waals surface area contributed by atoms with Crippen LogP contribution >= 0.6 is 0 Å². The lowest BCUT2D eigenvalue weighted by molar-refractivity contribution is -0.116. The van der Waals surface area contributed by atoms with Gasteiger partial charge in [0, 0.05) is 77.8 Å². The molecule has 8 aromatic rings. The van der Waals surface area contributed by atoms with E-state index < -0.39 is 5.41 Å². The second kappa shape index (κ2) is 20.0. The van der Waals surface area contributed by atoms with Crippen LogP contribution in [0.1, 0.15) is 22.3 Å². The summed E-state index contributed by atoms with van der Waals surface area (Å²) in [6, 6.07) is 52.4. The molecule has 0 atom stereocenters. The average Bonchev–Trinajstić information content (AvgIpc) is 3.31. The zero-order valence-corrected chi connectivity index (χ0v) is 33.6. The number of benzene rings is 4. The number of rotatable bonds is 10. The Bertz CT molecular complexity index is 2130. The first kappa shape index (κ1) is 41.1. The van der Waals surface area contributed by atoms with Gasteiger partial charge in [0.05, 0.1) is 5.41 Å². The molecule has 0 spiro atoms. The summed E-state index contributed by atoms with van der Waals surface area (Å²) in [6.45, 7) is 0. The second-order valence-electron chi connectivity index (χ2n) is 14.1. The van der Waals surface area contributed by atoms with Crippen molar-refractivity contribution in [3.63, 3.8) is 0 Å². The summed E-state index contributed by atoms with van der Waals surface area (Å²) in [6.07, 6.45) is 16.2. The molecule has 0 aliphatic carbocycles. The average molecular weight is 775 g/mol. The van der Waals surface area contributed by atoms with Crippen molar-refractivity contribution in [1.82, 2.24) is 29.7 Å². The van der Waals surface area contributed by atoms with Gasteiger partial charge in [-0.1, -0.05) is 97.1 Å². The first-order chi connectivity index (χ1) is 28.8.